The van der Waals surface area contributed by atoms with E-state index in [1.807, 2.05) is 30.3 Å². The number of para-hydroxylation sites is 1. The highest BCUT2D eigenvalue weighted by atomic mass is 32.2. The molecule has 0 unspecified atom stereocenters. The molecular formula is C24H23FN2O3S. The molecule has 0 N–H and O–H groups in total. The number of sulfone groups is 1. The molecule has 31 heavy (non-hydrogen) atoms. The molecule has 1 aliphatic rings. The van der Waals surface area contributed by atoms with E-state index in [9.17, 15) is 17.6 Å². The van der Waals surface area contributed by atoms with Gasteiger partial charge in [0.1, 0.15) is 5.82 Å². The number of hydrogen-bond acceptors (Lipinski definition) is 4. The quantitative estimate of drug-likeness (QED) is 0.609. The molecule has 0 aliphatic carbocycles. The fraction of sp³-hybridized carbons (Fsp3) is 0.208. The summed E-state index contributed by atoms with van der Waals surface area (Å²) in [6, 6.07) is 21.8. The van der Waals surface area contributed by atoms with Gasteiger partial charge in [-0.2, -0.15) is 0 Å². The highest BCUT2D eigenvalue weighted by Gasteiger charge is 2.24. The molecule has 0 radical (unpaired) electrons. The summed E-state index contributed by atoms with van der Waals surface area (Å²) in [7, 11) is -3.79. The normalized spacial score (nSPS) is 14.5. The van der Waals surface area contributed by atoms with Gasteiger partial charge < -0.3 is 9.80 Å². The molecule has 5 nitrogen and oxygen atoms in total. The zero-order chi connectivity index (χ0) is 21.8. The second-order valence-corrected chi connectivity index (χ2v) is 9.48. The zero-order valence-corrected chi connectivity index (χ0v) is 17.8. The van der Waals surface area contributed by atoms with Crippen LogP contribution in [0.25, 0.3) is 0 Å². The minimum atomic E-state index is -3.79. The number of rotatable bonds is 5. The Balaban J connectivity index is 1.47. The largest absolute Gasteiger partial charge is 0.368 e. The van der Waals surface area contributed by atoms with E-state index in [-0.39, 0.29) is 16.4 Å². The summed E-state index contributed by atoms with van der Waals surface area (Å²) in [6.45, 7) is 2.53. The number of hydrogen-bond donors (Lipinski definition) is 0. The standard InChI is InChI=1S/C24H23FN2O3S/c25-23-12-5-4-7-20(23)18-31(29,30)22-11-6-8-19(17-22)24(28)27-15-13-26(14-16-27)21-9-2-1-3-10-21/h1-12,17H,13-16,18H2. The lowest BCUT2D eigenvalue weighted by Gasteiger charge is -2.36. The number of anilines is 1. The first-order valence-corrected chi connectivity index (χ1v) is 11.7. The average Bonchev–Trinajstić information content (AvgIpc) is 2.81. The zero-order valence-electron chi connectivity index (χ0n) is 16.9. The molecule has 1 fully saturated rings. The monoisotopic (exact) mass is 438 g/mol. The predicted molar refractivity (Wildman–Crippen MR) is 118 cm³/mol. The van der Waals surface area contributed by atoms with E-state index in [0.717, 1.165) is 5.69 Å². The molecule has 4 rings (SSSR count). The van der Waals surface area contributed by atoms with Crippen LogP contribution in [0.3, 0.4) is 0 Å². The highest BCUT2D eigenvalue weighted by molar-refractivity contribution is 7.90. The lowest BCUT2D eigenvalue weighted by atomic mass is 10.1. The number of carbonyl (C=O) groups is 1. The molecule has 1 saturated heterocycles. The van der Waals surface area contributed by atoms with E-state index < -0.39 is 21.4 Å². The van der Waals surface area contributed by atoms with E-state index >= 15 is 0 Å². The Kier molecular flexibility index (Phi) is 6.04. The second-order valence-electron chi connectivity index (χ2n) is 7.49. The van der Waals surface area contributed by atoms with E-state index in [0.29, 0.717) is 31.7 Å². The summed E-state index contributed by atoms with van der Waals surface area (Å²) in [5.41, 5.74) is 1.55. The van der Waals surface area contributed by atoms with Crippen LogP contribution in [0, 0.1) is 5.82 Å². The van der Waals surface area contributed by atoms with Gasteiger partial charge >= 0.3 is 0 Å². The fourth-order valence-electron chi connectivity index (χ4n) is 3.72. The van der Waals surface area contributed by atoms with Crippen molar-refractivity contribution in [2.24, 2.45) is 0 Å². The Hall–Kier alpha value is -3.19. The summed E-state index contributed by atoms with van der Waals surface area (Å²) in [5.74, 6) is -1.21. The van der Waals surface area contributed by atoms with Gasteiger partial charge in [0.25, 0.3) is 5.91 Å². The summed E-state index contributed by atoms with van der Waals surface area (Å²) in [5, 5.41) is 0. The van der Waals surface area contributed by atoms with Gasteiger partial charge in [-0.25, -0.2) is 12.8 Å². The van der Waals surface area contributed by atoms with E-state index in [1.54, 1.807) is 23.1 Å². The minimum absolute atomic E-state index is 0.0181. The van der Waals surface area contributed by atoms with Crippen LogP contribution < -0.4 is 4.90 Å². The Bertz CT molecular complexity index is 1170. The smallest absolute Gasteiger partial charge is 0.254 e. The van der Waals surface area contributed by atoms with Crippen molar-refractivity contribution in [1.29, 1.82) is 0 Å². The summed E-state index contributed by atoms with van der Waals surface area (Å²) < 4.78 is 39.5. The molecule has 0 spiro atoms. The van der Waals surface area contributed by atoms with E-state index in [1.165, 1.54) is 30.3 Å². The number of carbonyl (C=O) groups excluding carboxylic acids is 1. The van der Waals surface area contributed by atoms with Crippen molar-refractivity contribution in [2.75, 3.05) is 31.1 Å². The number of amides is 1. The summed E-state index contributed by atoms with van der Waals surface area (Å²) >= 11 is 0. The summed E-state index contributed by atoms with van der Waals surface area (Å²) in [4.78, 5) is 17.0. The molecule has 1 aliphatic heterocycles. The van der Waals surface area contributed by atoms with Gasteiger partial charge in [-0.05, 0) is 36.4 Å². The van der Waals surface area contributed by atoms with Crippen molar-refractivity contribution in [3.8, 4) is 0 Å². The maximum Gasteiger partial charge on any atom is 0.254 e. The Morgan fingerprint density at radius 1 is 0.839 bits per heavy atom. The molecule has 7 heteroatoms. The van der Waals surface area contributed by atoms with Crippen molar-refractivity contribution in [3.63, 3.8) is 0 Å². The lowest BCUT2D eigenvalue weighted by Crippen LogP contribution is -2.48. The molecule has 3 aromatic carbocycles. The molecule has 0 atom stereocenters. The van der Waals surface area contributed by atoms with Crippen LogP contribution in [0.1, 0.15) is 15.9 Å². The highest BCUT2D eigenvalue weighted by Crippen LogP contribution is 2.21. The van der Waals surface area contributed by atoms with Crippen LogP contribution in [0.5, 0.6) is 0 Å². The van der Waals surface area contributed by atoms with Gasteiger partial charge in [0.05, 0.1) is 10.6 Å². The van der Waals surface area contributed by atoms with Gasteiger partial charge in [-0.1, -0.05) is 42.5 Å². The van der Waals surface area contributed by atoms with Gasteiger partial charge in [0.15, 0.2) is 9.84 Å². The van der Waals surface area contributed by atoms with Gasteiger partial charge in [-0.3, -0.25) is 4.79 Å². The third-order valence-corrected chi connectivity index (χ3v) is 7.09. The van der Waals surface area contributed by atoms with Crippen LogP contribution in [0.15, 0.2) is 83.8 Å². The molecule has 1 amide bonds. The number of nitrogens with zero attached hydrogens (tertiary/aromatic N) is 2. The number of halogens is 1. The second kappa shape index (κ2) is 8.89. The minimum Gasteiger partial charge on any atom is -0.368 e. The molecule has 3 aromatic rings. The third-order valence-electron chi connectivity index (χ3n) is 5.43. The molecule has 0 bridgehead atoms. The average molecular weight is 439 g/mol. The topological polar surface area (TPSA) is 57.7 Å². The Morgan fingerprint density at radius 2 is 1.52 bits per heavy atom. The number of benzene rings is 3. The lowest BCUT2D eigenvalue weighted by molar-refractivity contribution is 0.0746. The molecule has 0 aromatic heterocycles. The van der Waals surface area contributed by atoms with Crippen LogP contribution in [0.4, 0.5) is 10.1 Å². The molecule has 1 heterocycles. The van der Waals surface area contributed by atoms with Crippen LogP contribution in [-0.2, 0) is 15.6 Å². The summed E-state index contributed by atoms with van der Waals surface area (Å²) in [6.07, 6.45) is 0. The molecular weight excluding hydrogens is 415 g/mol. The third kappa shape index (κ3) is 4.77. The fourth-order valence-corrected chi connectivity index (χ4v) is 5.12. The Labute approximate surface area is 181 Å². The predicted octanol–water partition coefficient (Wildman–Crippen LogP) is 3.76. The van der Waals surface area contributed by atoms with E-state index in [4.69, 9.17) is 0 Å². The maximum atomic E-state index is 13.9. The first kappa shape index (κ1) is 21.1. The van der Waals surface area contributed by atoms with Crippen molar-refractivity contribution in [3.05, 3.63) is 95.8 Å². The number of piperazine rings is 1. The van der Waals surface area contributed by atoms with E-state index in [2.05, 4.69) is 4.90 Å². The van der Waals surface area contributed by atoms with Crippen LogP contribution >= 0.6 is 0 Å². The first-order valence-electron chi connectivity index (χ1n) is 10.1. The molecule has 160 valence electrons. The van der Waals surface area contributed by atoms with Crippen molar-refractivity contribution < 1.29 is 17.6 Å². The van der Waals surface area contributed by atoms with Gasteiger partial charge in [0.2, 0.25) is 0 Å². The van der Waals surface area contributed by atoms with Crippen molar-refractivity contribution in [1.82, 2.24) is 4.90 Å². The Morgan fingerprint density at radius 3 is 2.23 bits per heavy atom. The van der Waals surface area contributed by atoms with Crippen LogP contribution in [0.2, 0.25) is 0 Å². The SMILES string of the molecule is O=C(c1cccc(S(=O)(=O)Cc2ccccc2F)c1)N1CCN(c2ccccc2)CC1. The van der Waals surface area contributed by atoms with Crippen molar-refractivity contribution >= 4 is 21.4 Å². The van der Waals surface area contributed by atoms with Crippen LogP contribution in [-0.4, -0.2) is 45.4 Å². The van der Waals surface area contributed by atoms with Gasteiger partial charge in [0, 0.05) is 43.0 Å². The maximum absolute atomic E-state index is 13.9. The molecule has 0 saturated carbocycles. The van der Waals surface area contributed by atoms with Crippen molar-refractivity contribution in [2.45, 2.75) is 10.6 Å². The first-order chi connectivity index (χ1) is 14.9. The van der Waals surface area contributed by atoms with Gasteiger partial charge in [-0.15, -0.1) is 0 Å².